The third-order valence-electron chi connectivity index (χ3n) is 6.56. The number of hydrogen-bond acceptors (Lipinski definition) is 7. The van der Waals surface area contributed by atoms with Crippen LogP contribution in [0.5, 0.6) is 5.75 Å². The van der Waals surface area contributed by atoms with Crippen molar-refractivity contribution in [1.82, 2.24) is 9.71 Å². The van der Waals surface area contributed by atoms with Crippen molar-refractivity contribution >= 4 is 27.9 Å². The number of nitrogens with one attached hydrogen (secondary N) is 2. The van der Waals surface area contributed by atoms with E-state index in [2.05, 4.69) is 15.0 Å². The normalized spacial score (nSPS) is 30.0. The third kappa shape index (κ3) is 3.75. The molecular formula is C23H30FN5O3S. The van der Waals surface area contributed by atoms with Gasteiger partial charge in [0.1, 0.15) is 28.6 Å². The molecule has 2 aliphatic heterocycles. The molecule has 1 aromatic carbocycles. The van der Waals surface area contributed by atoms with Gasteiger partial charge in [0.15, 0.2) is 0 Å². The summed E-state index contributed by atoms with van der Waals surface area (Å²) in [5, 5.41) is 2.44. The number of carbonyl (C=O) groups excluding carboxylic acids is 1. The number of benzene rings is 1. The summed E-state index contributed by atoms with van der Waals surface area (Å²) in [4.78, 5) is 21.6. The molecule has 33 heavy (non-hydrogen) atoms. The first-order valence-electron chi connectivity index (χ1n) is 10.9. The van der Waals surface area contributed by atoms with Gasteiger partial charge in [0.25, 0.3) is 5.91 Å². The lowest BCUT2D eigenvalue weighted by atomic mass is 9.85. The maximum atomic E-state index is 15.1. The molecule has 1 fully saturated rings. The number of aromatic nitrogens is 1. The van der Waals surface area contributed by atoms with Crippen LogP contribution in [0.1, 0.15) is 50.2 Å². The van der Waals surface area contributed by atoms with E-state index in [0.29, 0.717) is 31.0 Å². The number of nitrogens with two attached hydrogens (primary N) is 1. The molecule has 3 atom stereocenters. The van der Waals surface area contributed by atoms with Crippen LogP contribution in [0.4, 0.5) is 10.1 Å². The maximum absolute atomic E-state index is 15.1. The lowest BCUT2D eigenvalue weighted by Gasteiger charge is -2.56. The van der Waals surface area contributed by atoms with Crippen molar-refractivity contribution in [3.05, 3.63) is 53.6 Å². The zero-order valence-electron chi connectivity index (χ0n) is 19.2. The average Bonchev–Trinajstić information content (AvgIpc) is 3.19. The number of halogens is 1. The second kappa shape index (κ2) is 8.27. The van der Waals surface area contributed by atoms with Gasteiger partial charge in [-0.25, -0.2) is 9.37 Å². The lowest BCUT2D eigenvalue weighted by molar-refractivity contribution is 0.102. The van der Waals surface area contributed by atoms with Gasteiger partial charge >= 0.3 is 0 Å². The fraction of sp³-hybridized carbons (Fsp3) is 0.435. The zero-order valence-corrected chi connectivity index (χ0v) is 20.0. The number of hydrogen-bond donors (Lipinski definition) is 4. The van der Waals surface area contributed by atoms with Gasteiger partial charge in [-0.1, -0.05) is 10.5 Å². The molecule has 0 bridgehead atoms. The van der Waals surface area contributed by atoms with E-state index in [4.69, 9.17) is 15.5 Å². The minimum absolute atomic E-state index is 0.205. The molecule has 1 amide bonds. The lowest BCUT2D eigenvalue weighted by Crippen LogP contribution is -2.57. The highest BCUT2D eigenvalue weighted by atomic mass is 32.3. The van der Waals surface area contributed by atoms with E-state index in [-0.39, 0.29) is 22.3 Å². The molecule has 10 heteroatoms. The van der Waals surface area contributed by atoms with Crippen LogP contribution in [0.15, 0.2) is 41.5 Å². The highest BCUT2D eigenvalue weighted by molar-refractivity contribution is 8.29. The summed E-state index contributed by atoms with van der Waals surface area (Å²) in [5.41, 5.74) is 6.10. The van der Waals surface area contributed by atoms with Crippen molar-refractivity contribution in [2.75, 3.05) is 18.5 Å². The average molecular weight is 476 g/mol. The van der Waals surface area contributed by atoms with Crippen LogP contribution in [0, 0.1) is 5.82 Å². The molecule has 0 saturated carbocycles. The fourth-order valence-electron chi connectivity index (χ4n) is 4.57. The second-order valence-corrected chi connectivity index (χ2v) is 12.0. The number of rotatable bonds is 5. The standard InChI is InChI=1S/C23H30FN5O3S/c1-5-32-15-7-9-18(26-13-15)20(30)28-14-6-8-17(24)16(12-14)23(4)19-10-11-27-33(19,31)22(2,3)21(25)29-23/h6-9,12-13,19,27,31H,5,10-11H2,1-4H3,(H2,25,29)(H,28,30)/t19-,23+/m0/s1. The molecule has 178 valence electrons. The summed E-state index contributed by atoms with van der Waals surface area (Å²) in [5.74, 6) is -0.0553. The Hall–Kier alpha value is -2.69. The summed E-state index contributed by atoms with van der Waals surface area (Å²) >= 11 is 0. The number of carbonyl (C=O) groups is 1. The zero-order chi connectivity index (χ0) is 24.0. The molecule has 5 N–H and O–H groups in total. The fourth-order valence-corrected chi connectivity index (χ4v) is 7.94. The van der Waals surface area contributed by atoms with E-state index in [1.807, 2.05) is 20.8 Å². The Kier molecular flexibility index (Phi) is 5.88. The predicted molar refractivity (Wildman–Crippen MR) is 129 cm³/mol. The van der Waals surface area contributed by atoms with Crippen LogP contribution in [0.25, 0.3) is 0 Å². The number of amides is 1. The van der Waals surface area contributed by atoms with Crippen molar-refractivity contribution in [2.45, 2.75) is 49.7 Å². The first kappa shape index (κ1) is 23.5. The molecule has 1 aromatic heterocycles. The topological polar surface area (TPSA) is 122 Å². The van der Waals surface area contributed by atoms with Crippen molar-refractivity contribution in [2.24, 2.45) is 10.7 Å². The van der Waals surface area contributed by atoms with E-state index >= 15 is 4.39 Å². The molecule has 1 saturated heterocycles. The van der Waals surface area contributed by atoms with Crippen molar-refractivity contribution in [3.63, 3.8) is 0 Å². The number of pyridine rings is 1. The van der Waals surface area contributed by atoms with Gasteiger partial charge in [-0.05, 0) is 64.4 Å². The Bertz CT molecular complexity index is 1110. The third-order valence-corrected chi connectivity index (χ3v) is 10.5. The van der Waals surface area contributed by atoms with Crippen LogP contribution >= 0.6 is 10.5 Å². The number of ether oxygens (including phenoxy) is 1. The van der Waals surface area contributed by atoms with Gasteiger partial charge in [0.2, 0.25) is 0 Å². The predicted octanol–water partition coefficient (Wildman–Crippen LogP) is 3.79. The van der Waals surface area contributed by atoms with Gasteiger partial charge in [-0.3, -0.25) is 14.5 Å². The minimum atomic E-state index is -2.42. The largest absolute Gasteiger partial charge is 0.492 e. The van der Waals surface area contributed by atoms with Crippen molar-refractivity contribution < 1.29 is 18.5 Å². The smallest absolute Gasteiger partial charge is 0.274 e. The minimum Gasteiger partial charge on any atom is -0.492 e. The highest BCUT2D eigenvalue weighted by Gasteiger charge is 2.60. The second-order valence-electron chi connectivity index (χ2n) is 8.91. The number of anilines is 1. The van der Waals surface area contributed by atoms with Crippen LogP contribution < -0.4 is 20.5 Å². The SMILES string of the molecule is CCOc1ccc(C(=O)Nc2ccc(F)c([C@@]3(C)N=C(N)C(C)(C)S4(O)NCC[C@@H]34)c2)nc1. The maximum Gasteiger partial charge on any atom is 0.274 e. The Morgan fingerprint density at radius 1 is 1.36 bits per heavy atom. The summed E-state index contributed by atoms with van der Waals surface area (Å²) in [6.45, 7) is 8.48. The van der Waals surface area contributed by atoms with Crippen LogP contribution in [-0.2, 0) is 5.54 Å². The monoisotopic (exact) mass is 475 g/mol. The first-order valence-corrected chi connectivity index (χ1v) is 12.5. The van der Waals surface area contributed by atoms with Crippen LogP contribution in [0.2, 0.25) is 0 Å². The van der Waals surface area contributed by atoms with Gasteiger partial charge in [0.05, 0.1) is 22.8 Å². The molecule has 4 rings (SSSR count). The first-order chi connectivity index (χ1) is 15.5. The number of nitrogens with zero attached hydrogens (tertiary/aromatic N) is 2. The highest BCUT2D eigenvalue weighted by Crippen LogP contribution is 2.67. The molecule has 2 aromatic rings. The molecular weight excluding hydrogens is 445 g/mol. The van der Waals surface area contributed by atoms with E-state index < -0.39 is 32.5 Å². The van der Waals surface area contributed by atoms with Crippen LogP contribution in [0.3, 0.4) is 0 Å². The molecule has 0 radical (unpaired) electrons. The molecule has 1 unspecified atom stereocenters. The van der Waals surface area contributed by atoms with Gasteiger partial charge in [-0.2, -0.15) is 0 Å². The number of amidine groups is 1. The summed E-state index contributed by atoms with van der Waals surface area (Å²) < 4.78 is 34.6. The number of aliphatic imine (C=N–C) groups is 1. The van der Waals surface area contributed by atoms with Crippen LogP contribution in [-0.4, -0.2) is 44.4 Å². The van der Waals surface area contributed by atoms with E-state index in [1.165, 1.54) is 18.3 Å². The molecule has 2 aliphatic rings. The van der Waals surface area contributed by atoms with Gasteiger partial charge in [-0.15, -0.1) is 0 Å². The molecule has 0 aliphatic carbocycles. The Balaban J connectivity index is 1.67. The van der Waals surface area contributed by atoms with Gasteiger partial charge < -0.3 is 20.3 Å². The van der Waals surface area contributed by atoms with E-state index in [1.54, 1.807) is 25.1 Å². The summed E-state index contributed by atoms with van der Waals surface area (Å²) in [6, 6.07) is 7.58. The Morgan fingerprint density at radius 2 is 2.12 bits per heavy atom. The molecule has 8 nitrogen and oxygen atoms in total. The Morgan fingerprint density at radius 3 is 2.79 bits per heavy atom. The number of fused-ring (bicyclic) bond motifs is 1. The summed E-state index contributed by atoms with van der Waals surface area (Å²) in [7, 11) is -2.42. The van der Waals surface area contributed by atoms with E-state index in [0.717, 1.165) is 0 Å². The Labute approximate surface area is 194 Å². The van der Waals surface area contributed by atoms with E-state index in [9.17, 15) is 9.35 Å². The summed E-state index contributed by atoms with van der Waals surface area (Å²) in [6.07, 6.45) is 2.11. The van der Waals surface area contributed by atoms with Crippen molar-refractivity contribution in [1.29, 1.82) is 0 Å². The van der Waals surface area contributed by atoms with Crippen molar-refractivity contribution in [3.8, 4) is 5.75 Å². The molecule has 0 spiro atoms. The molecule has 3 heterocycles. The van der Waals surface area contributed by atoms with Gasteiger partial charge in [0, 0.05) is 17.8 Å². The quantitative estimate of drug-likeness (QED) is 0.522.